The van der Waals surface area contributed by atoms with Gasteiger partial charge < -0.3 is 9.84 Å². The van der Waals surface area contributed by atoms with E-state index in [1.54, 1.807) is 18.4 Å². The molecule has 4 nitrogen and oxygen atoms in total. The van der Waals surface area contributed by atoms with Crippen LogP contribution in [0, 0.1) is 19.7 Å². The maximum Gasteiger partial charge on any atom is 0.332 e. The molecule has 0 fully saturated rings. The van der Waals surface area contributed by atoms with E-state index in [1.165, 1.54) is 12.1 Å². The molecule has 152 valence electrons. The number of rotatable bonds is 7. The Kier molecular flexibility index (Phi) is 6.83. The van der Waals surface area contributed by atoms with Gasteiger partial charge >= 0.3 is 5.97 Å². The molecule has 0 amide bonds. The van der Waals surface area contributed by atoms with Gasteiger partial charge in [-0.2, -0.15) is 0 Å². The summed E-state index contributed by atoms with van der Waals surface area (Å²) in [4.78, 5) is 13.2. The minimum absolute atomic E-state index is 0.260. The van der Waals surface area contributed by atoms with Crippen LogP contribution in [0.4, 0.5) is 4.39 Å². The number of benzene rings is 2. The second-order valence-corrected chi connectivity index (χ2v) is 7.28. The first kappa shape index (κ1) is 20.8. The van der Waals surface area contributed by atoms with Crippen molar-refractivity contribution in [3.05, 3.63) is 88.4 Å². The average molecular weight is 395 g/mol. The Hall–Kier alpha value is -2.92. The Morgan fingerprint density at radius 2 is 1.93 bits per heavy atom. The zero-order valence-electron chi connectivity index (χ0n) is 16.8. The summed E-state index contributed by atoms with van der Waals surface area (Å²) in [7, 11) is 0. The summed E-state index contributed by atoms with van der Waals surface area (Å²) in [6.45, 7) is 6.27. The number of hydrogen-bond donors (Lipinski definition) is 1. The molecule has 0 aliphatic carbocycles. The van der Waals surface area contributed by atoms with E-state index in [9.17, 15) is 9.18 Å². The van der Waals surface area contributed by atoms with Gasteiger partial charge in [0.15, 0.2) is 0 Å². The minimum atomic E-state index is -0.857. The monoisotopic (exact) mass is 395 g/mol. The molecule has 29 heavy (non-hydrogen) atoms. The van der Waals surface area contributed by atoms with Crippen molar-refractivity contribution < 1.29 is 19.0 Å². The van der Waals surface area contributed by atoms with Crippen molar-refractivity contribution in [2.75, 3.05) is 26.2 Å². The number of nitrogens with zero attached hydrogens (tertiary/aromatic N) is 1. The molecular formula is C24H26FNO3. The molecule has 0 saturated heterocycles. The van der Waals surface area contributed by atoms with Crippen LogP contribution >= 0.6 is 0 Å². The molecule has 0 bridgehead atoms. The van der Waals surface area contributed by atoms with Crippen molar-refractivity contribution in [2.24, 2.45) is 0 Å². The third-order valence-electron chi connectivity index (χ3n) is 5.15. The van der Waals surface area contributed by atoms with Crippen LogP contribution in [0.1, 0.15) is 28.7 Å². The molecule has 1 aliphatic rings. The fourth-order valence-electron chi connectivity index (χ4n) is 3.55. The van der Waals surface area contributed by atoms with E-state index in [-0.39, 0.29) is 5.82 Å². The predicted molar refractivity (Wildman–Crippen MR) is 112 cm³/mol. The molecule has 2 aromatic carbocycles. The third kappa shape index (κ3) is 5.33. The first-order valence-electron chi connectivity index (χ1n) is 9.74. The lowest BCUT2D eigenvalue weighted by molar-refractivity contribution is -0.133. The van der Waals surface area contributed by atoms with Gasteiger partial charge in [-0.15, -0.1) is 0 Å². The van der Waals surface area contributed by atoms with Crippen LogP contribution in [-0.4, -0.2) is 42.2 Å². The van der Waals surface area contributed by atoms with Crippen LogP contribution in [-0.2, 0) is 9.53 Å². The maximum atomic E-state index is 13.6. The van der Waals surface area contributed by atoms with Crippen molar-refractivity contribution in [1.82, 2.24) is 4.90 Å². The fraction of sp³-hybridized carbons (Fsp3) is 0.292. The smallest absolute Gasteiger partial charge is 0.332 e. The van der Waals surface area contributed by atoms with Gasteiger partial charge in [0.1, 0.15) is 12.4 Å². The lowest BCUT2D eigenvalue weighted by Crippen LogP contribution is -2.34. The number of hydrogen-bond acceptors (Lipinski definition) is 3. The Labute approximate surface area is 170 Å². The predicted octanol–water partition coefficient (Wildman–Crippen LogP) is 4.57. The normalized spacial score (nSPS) is 15.1. The van der Waals surface area contributed by atoms with E-state index >= 15 is 0 Å². The van der Waals surface area contributed by atoms with Crippen LogP contribution in [0.15, 0.2) is 60.4 Å². The Bertz CT molecular complexity index is 949. The van der Waals surface area contributed by atoms with E-state index in [2.05, 4.69) is 4.90 Å². The minimum Gasteiger partial charge on any atom is -0.499 e. The molecule has 5 heteroatoms. The summed E-state index contributed by atoms with van der Waals surface area (Å²) in [6.07, 6.45) is 4.26. The zero-order chi connectivity index (χ0) is 20.8. The fourth-order valence-corrected chi connectivity index (χ4v) is 3.55. The van der Waals surface area contributed by atoms with Crippen LogP contribution in [0.2, 0.25) is 0 Å². The highest BCUT2D eigenvalue weighted by molar-refractivity contribution is 5.87. The maximum absolute atomic E-state index is 13.6. The summed E-state index contributed by atoms with van der Waals surface area (Å²) in [6, 6.07) is 12.8. The van der Waals surface area contributed by atoms with Crippen molar-refractivity contribution in [3.8, 4) is 0 Å². The molecule has 0 aromatic heterocycles. The van der Waals surface area contributed by atoms with Gasteiger partial charge in [-0.1, -0.05) is 36.4 Å². The summed E-state index contributed by atoms with van der Waals surface area (Å²) in [5.41, 5.74) is 5.26. The first-order chi connectivity index (χ1) is 14.0. The van der Waals surface area contributed by atoms with E-state index < -0.39 is 5.97 Å². The lowest BCUT2D eigenvalue weighted by Gasteiger charge is -2.25. The Morgan fingerprint density at radius 3 is 2.66 bits per heavy atom. The standard InChI is InChI=1S/C24H26FNO3/c1-17-6-3-4-8-21(17)23(22-10-9-20(25)14-18(22)2)16-29-13-12-26-11-5-7-19(15-26)24(27)28/h3-4,6-10,14,16H,5,11-13,15H2,1-2H3,(H,27,28)/b23-16+. The largest absolute Gasteiger partial charge is 0.499 e. The van der Waals surface area contributed by atoms with Gasteiger partial charge in [0.2, 0.25) is 0 Å². The number of halogens is 1. The van der Waals surface area contributed by atoms with Crippen molar-refractivity contribution in [3.63, 3.8) is 0 Å². The van der Waals surface area contributed by atoms with Crippen LogP contribution < -0.4 is 0 Å². The summed E-state index contributed by atoms with van der Waals surface area (Å²) in [5, 5.41) is 9.16. The van der Waals surface area contributed by atoms with E-state index in [4.69, 9.17) is 9.84 Å². The molecule has 0 unspecified atom stereocenters. The van der Waals surface area contributed by atoms with Crippen LogP contribution in [0.25, 0.3) is 5.57 Å². The third-order valence-corrected chi connectivity index (χ3v) is 5.15. The van der Waals surface area contributed by atoms with E-state index in [1.807, 2.05) is 38.1 Å². The Morgan fingerprint density at radius 1 is 1.17 bits per heavy atom. The molecule has 1 heterocycles. The number of ether oxygens (including phenoxy) is 1. The summed E-state index contributed by atoms with van der Waals surface area (Å²) >= 11 is 0. The van der Waals surface area contributed by atoms with Gasteiger partial charge in [0.05, 0.1) is 6.26 Å². The molecule has 0 radical (unpaired) electrons. The topological polar surface area (TPSA) is 49.8 Å². The molecule has 1 aliphatic heterocycles. The molecule has 0 atom stereocenters. The van der Waals surface area contributed by atoms with Crippen LogP contribution in [0.5, 0.6) is 0 Å². The zero-order valence-corrected chi connectivity index (χ0v) is 16.8. The lowest BCUT2D eigenvalue weighted by atomic mass is 9.92. The van der Waals surface area contributed by atoms with E-state index in [0.717, 1.165) is 40.8 Å². The molecule has 2 aromatic rings. The van der Waals surface area contributed by atoms with Gasteiger partial charge in [-0.3, -0.25) is 4.90 Å². The highest BCUT2D eigenvalue weighted by Gasteiger charge is 2.17. The van der Waals surface area contributed by atoms with E-state index in [0.29, 0.717) is 25.3 Å². The Balaban J connectivity index is 1.75. The van der Waals surface area contributed by atoms with Crippen LogP contribution in [0.3, 0.4) is 0 Å². The second kappa shape index (κ2) is 9.52. The number of carbonyl (C=O) groups is 1. The summed E-state index contributed by atoms with van der Waals surface area (Å²) in [5.74, 6) is -1.12. The van der Waals surface area contributed by atoms with Gasteiger partial charge in [0.25, 0.3) is 0 Å². The molecule has 0 saturated carbocycles. The highest BCUT2D eigenvalue weighted by Crippen LogP contribution is 2.29. The molecule has 1 N–H and O–H groups in total. The van der Waals surface area contributed by atoms with Crippen molar-refractivity contribution >= 4 is 11.5 Å². The molecular weight excluding hydrogens is 369 g/mol. The second-order valence-electron chi connectivity index (χ2n) is 7.28. The molecule has 0 spiro atoms. The van der Waals surface area contributed by atoms with Crippen molar-refractivity contribution in [1.29, 1.82) is 0 Å². The van der Waals surface area contributed by atoms with Crippen molar-refractivity contribution in [2.45, 2.75) is 20.3 Å². The number of carboxylic acid groups (broad SMARTS) is 1. The van der Waals surface area contributed by atoms with Gasteiger partial charge in [0, 0.05) is 30.8 Å². The first-order valence-corrected chi connectivity index (χ1v) is 9.74. The SMILES string of the molecule is Cc1ccccc1/C(=C\OCCN1CCC=C(C(=O)O)C1)c1ccc(F)cc1C. The highest BCUT2D eigenvalue weighted by atomic mass is 19.1. The summed E-state index contributed by atoms with van der Waals surface area (Å²) < 4.78 is 19.5. The molecule has 3 rings (SSSR count). The van der Waals surface area contributed by atoms with Gasteiger partial charge in [-0.05, 0) is 54.7 Å². The average Bonchev–Trinajstić information content (AvgIpc) is 2.70. The number of carboxylic acids is 1. The van der Waals surface area contributed by atoms with Gasteiger partial charge in [-0.25, -0.2) is 9.18 Å². The number of aliphatic carboxylic acids is 1. The quantitative estimate of drug-likeness (QED) is 0.551. The number of aryl methyl sites for hydroxylation is 2.